The van der Waals surface area contributed by atoms with Crippen LogP contribution in [0.15, 0.2) is 30.3 Å². The molecule has 1 aliphatic rings. The summed E-state index contributed by atoms with van der Waals surface area (Å²) in [6, 6.07) is 5.74. The molecule has 0 aromatic heterocycles. The van der Waals surface area contributed by atoms with Crippen LogP contribution in [0.4, 0.5) is 18.0 Å². The summed E-state index contributed by atoms with van der Waals surface area (Å²) in [6.07, 6.45) is -0.114. The maximum Gasteiger partial charge on any atom is 0.407 e. The number of halogens is 3. The second-order valence-corrected chi connectivity index (χ2v) is 10.8. The number of aromatic hydroxyl groups is 1. The number of alkyl halides is 1. The Labute approximate surface area is 210 Å². The van der Waals surface area contributed by atoms with Crippen molar-refractivity contribution in [1.29, 1.82) is 0 Å². The van der Waals surface area contributed by atoms with Crippen LogP contribution >= 0.6 is 0 Å². The number of carbonyl (C=O) groups excluding carboxylic acids is 1. The number of phenols is 1. The largest absolute Gasteiger partial charge is 0.508 e. The Morgan fingerprint density at radius 3 is 2.36 bits per heavy atom. The van der Waals surface area contributed by atoms with Crippen LogP contribution in [0.25, 0.3) is 0 Å². The number of fused-ring (bicyclic) bond motifs is 1. The molecule has 2 atom stereocenters. The normalized spacial score (nSPS) is 18.5. The van der Waals surface area contributed by atoms with Gasteiger partial charge in [-0.3, -0.25) is 4.90 Å². The van der Waals surface area contributed by atoms with Gasteiger partial charge in [0.15, 0.2) is 0 Å². The van der Waals surface area contributed by atoms with Crippen LogP contribution in [0.1, 0.15) is 64.3 Å². The molecule has 0 bridgehead atoms. The molecule has 9 heteroatoms. The summed E-state index contributed by atoms with van der Waals surface area (Å²) in [5.41, 5.74) is -1.09. The van der Waals surface area contributed by atoms with Gasteiger partial charge in [0.2, 0.25) is 0 Å². The first kappa shape index (κ1) is 27.6. The Hall–Kier alpha value is -2.94. The summed E-state index contributed by atoms with van der Waals surface area (Å²) >= 11 is 0. The van der Waals surface area contributed by atoms with Crippen molar-refractivity contribution in [2.24, 2.45) is 0 Å². The topological polar surface area (TPSA) is 71.0 Å². The predicted molar refractivity (Wildman–Crippen MR) is 131 cm³/mol. The molecule has 2 aromatic carbocycles. The molecular weight excluding hydrogens is 473 g/mol. The number of alkyl carbamates (subject to hydrolysis) is 1. The van der Waals surface area contributed by atoms with E-state index in [0.29, 0.717) is 12.0 Å². The first-order valence-electron chi connectivity index (χ1n) is 12.0. The molecule has 1 amide bonds. The molecule has 0 spiro atoms. The van der Waals surface area contributed by atoms with Crippen molar-refractivity contribution in [3.05, 3.63) is 58.7 Å². The van der Waals surface area contributed by atoms with Crippen LogP contribution in [-0.4, -0.2) is 53.1 Å². The Kier molecular flexibility index (Phi) is 8.13. The summed E-state index contributed by atoms with van der Waals surface area (Å²) in [5, 5.41) is 12.5. The number of phenolic OH excluding ortho intramolecular Hbond substituents is 1. The molecule has 1 aliphatic heterocycles. The lowest BCUT2D eigenvalue weighted by molar-refractivity contribution is 0.0520. The van der Waals surface area contributed by atoms with E-state index in [1.165, 1.54) is 19.9 Å². The lowest BCUT2D eigenvalue weighted by Gasteiger charge is -2.44. The van der Waals surface area contributed by atoms with E-state index in [-0.39, 0.29) is 42.8 Å². The summed E-state index contributed by atoms with van der Waals surface area (Å²) in [4.78, 5) is 13.5. The third-order valence-electron chi connectivity index (χ3n) is 5.76. The van der Waals surface area contributed by atoms with Crippen LogP contribution in [0, 0.1) is 11.6 Å². The molecule has 0 radical (unpaired) electrons. The molecule has 3 rings (SSSR count). The molecule has 0 saturated heterocycles. The van der Waals surface area contributed by atoms with Crippen molar-refractivity contribution in [1.82, 2.24) is 10.2 Å². The van der Waals surface area contributed by atoms with E-state index in [4.69, 9.17) is 9.47 Å². The minimum atomic E-state index is -1.60. The van der Waals surface area contributed by atoms with Crippen LogP contribution in [0.5, 0.6) is 11.5 Å². The SMILES string of the molecule is C[C@@H]1Cc2cc(O)ccc2[C@@H](c2c(F)cc(OCCNC(=O)OC(C)(C)C)cc2F)N1CC(C)(C)F. The van der Waals surface area contributed by atoms with E-state index in [2.05, 4.69) is 5.32 Å². The molecule has 0 fully saturated rings. The Bertz CT molecular complexity index is 1070. The van der Waals surface area contributed by atoms with Crippen LogP contribution < -0.4 is 10.1 Å². The zero-order valence-electron chi connectivity index (χ0n) is 21.6. The van der Waals surface area contributed by atoms with Gasteiger partial charge in [-0.05, 0) is 71.2 Å². The van der Waals surface area contributed by atoms with Crippen LogP contribution in [0.3, 0.4) is 0 Å². The maximum absolute atomic E-state index is 15.4. The van der Waals surface area contributed by atoms with Gasteiger partial charge in [-0.1, -0.05) is 6.07 Å². The molecule has 2 N–H and O–H groups in total. The van der Waals surface area contributed by atoms with E-state index in [9.17, 15) is 14.3 Å². The predicted octanol–water partition coefficient (Wildman–Crippen LogP) is 5.66. The van der Waals surface area contributed by atoms with Crippen molar-refractivity contribution in [2.45, 2.75) is 71.3 Å². The highest BCUT2D eigenvalue weighted by Gasteiger charge is 2.39. The number of rotatable bonds is 7. The van der Waals surface area contributed by atoms with E-state index < -0.39 is 35.0 Å². The Morgan fingerprint density at radius 2 is 1.78 bits per heavy atom. The van der Waals surface area contributed by atoms with Gasteiger partial charge in [0, 0.05) is 30.3 Å². The van der Waals surface area contributed by atoms with Crippen LogP contribution in [0.2, 0.25) is 0 Å². The number of hydrogen-bond acceptors (Lipinski definition) is 5. The first-order valence-corrected chi connectivity index (χ1v) is 12.0. The van der Waals surface area contributed by atoms with Gasteiger partial charge in [-0.15, -0.1) is 0 Å². The molecule has 0 unspecified atom stereocenters. The monoisotopic (exact) mass is 508 g/mol. The van der Waals surface area contributed by atoms with E-state index in [1.54, 1.807) is 37.8 Å². The summed E-state index contributed by atoms with van der Waals surface area (Å²) in [7, 11) is 0. The fourth-order valence-corrected chi connectivity index (χ4v) is 4.45. The van der Waals surface area contributed by atoms with Gasteiger partial charge in [0.1, 0.15) is 41.0 Å². The fraction of sp³-hybridized carbons (Fsp3) is 0.519. The summed E-state index contributed by atoms with van der Waals surface area (Å²) in [6.45, 7) is 9.96. The lowest BCUT2D eigenvalue weighted by Crippen LogP contribution is -2.48. The van der Waals surface area contributed by atoms with E-state index in [1.807, 2.05) is 6.92 Å². The number of amides is 1. The standard InChI is InChI=1S/C27H35F3N2O4/c1-16-11-17-12-18(33)7-8-20(17)24(32(16)15-27(5,6)30)23-21(28)13-19(14-22(23)29)35-10-9-31-25(34)36-26(2,3)4/h7-8,12-14,16,24,33H,9-11,15H2,1-6H3,(H,31,34)/t16-,24+/m1/s1. The molecule has 36 heavy (non-hydrogen) atoms. The third kappa shape index (κ3) is 7.06. The maximum atomic E-state index is 15.4. The van der Waals surface area contributed by atoms with Gasteiger partial charge in [0.05, 0.1) is 12.6 Å². The van der Waals surface area contributed by atoms with Gasteiger partial charge >= 0.3 is 6.09 Å². The zero-order valence-corrected chi connectivity index (χ0v) is 21.6. The number of benzene rings is 2. The quantitative estimate of drug-likeness (QED) is 0.473. The van der Waals surface area contributed by atoms with Gasteiger partial charge in [-0.2, -0.15) is 0 Å². The second-order valence-electron chi connectivity index (χ2n) is 10.8. The smallest absolute Gasteiger partial charge is 0.407 e. The van der Waals surface area contributed by atoms with Gasteiger partial charge in [0.25, 0.3) is 0 Å². The van der Waals surface area contributed by atoms with E-state index in [0.717, 1.165) is 17.7 Å². The molecular formula is C27H35F3N2O4. The average molecular weight is 509 g/mol. The highest BCUT2D eigenvalue weighted by Crippen LogP contribution is 2.42. The average Bonchev–Trinajstić information content (AvgIpc) is 2.70. The van der Waals surface area contributed by atoms with Crippen LogP contribution in [-0.2, 0) is 11.2 Å². The third-order valence-corrected chi connectivity index (χ3v) is 5.76. The van der Waals surface area contributed by atoms with Crippen molar-refractivity contribution in [3.8, 4) is 11.5 Å². The zero-order chi connectivity index (χ0) is 26.8. The molecule has 6 nitrogen and oxygen atoms in total. The lowest BCUT2D eigenvalue weighted by atomic mass is 9.83. The number of hydrogen-bond donors (Lipinski definition) is 2. The number of nitrogens with one attached hydrogen (secondary N) is 1. The number of carbonyl (C=O) groups is 1. The van der Waals surface area contributed by atoms with E-state index >= 15 is 8.78 Å². The Morgan fingerprint density at radius 1 is 1.14 bits per heavy atom. The van der Waals surface area contributed by atoms with Gasteiger partial charge in [-0.25, -0.2) is 18.0 Å². The molecule has 198 valence electrons. The number of ether oxygens (including phenoxy) is 2. The summed E-state index contributed by atoms with van der Waals surface area (Å²) in [5.74, 6) is -1.63. The fourth-order valence-electron chi connectivity index (χ4n) is 4.45. The second kappa shape index (κ2) is 10.6. The van der Waals surface area contributed by atoms with Crippen molar-refractivity contribution in [2.75, 3.05) is 19.7 Å². The Balaban J connectivity index is 1.85. The molecule has 1 heterocycles. The van der Waals surface area contributed by atoms with Gasteiger partial charge < -0.3 is 19.9 Å². The number of nitrogens with zero attached hydrogens (tertiary/aromatic N) is 1. The van der Waals surface area contributed by atoms with Crippen molar-refractivity contribution < 1.29 is 32.5 Å². The minimum absolute atomic E-state index is 0.0256. The molecule has 0 saturated carbocycles. The first-order chi connectivity index (χ1) is 16.6. The highest BCUT2D eigenvalue weighted by atomic mass is 19.1. The van der Waals surface area contributed by atoms with Crippen molar-refractivity contribution >= 4 is 6.09 Å². The molecule has 0 aliphatic carbocycles. The highest BCUT2D eigenvalue weighted by molar-refractivity contribution is 5.67. The molecule has 2 aromatic rings. The minimum Gasteiger partial charge on any atom is -0.508 e. The summed E-state index contributed by atoms with van der Waals surface area (Å²) < 4.78 is 56.2. The van der Waals surface area contributed by atoms with Crippen molar-refractivity contribution in [3.63, 3.8) is 0 Å².